The van der Waals surface area contributed by atoms with Crippen molar-refractivity contribution in [1.29, 1.82) is 0 Å². The first-order valence-corrected chi connectivity index (χ1v) is 4.07. The zero-order valence-electron chi connectivity index (χ0n) is 5.89. The summed E-state index contributed by atoms with van der Waals surface area (Å²) in [4.78, 5) is 0. The van der Waals surface area contributed by atoms with Crippen LogP contribution >= 0.6 is 15.9 Å². The number of nitrogens with two attached hydrogens (primary N) is 1. The van der Waals surface area contributed by atoms with E-state index in [1.165, 1.54) is 5.56 Å². The van der Waals surface area contributed by atoms with Crippen LogP contribution in [-0.2, 0) is 6.42 Å². The summed E-state index contributed by atoms with van der Waals surface area (Å²) in [6.07, 6.45) is 1.02. The van der Waals surface area contributed by atoms with Gasteiger partial charge in [-0.1, -0.05) is 22.9 Å². The number of anilines is 1. The molecule has 10 heavy (non-hydrogen) atoms. The lowest BCUT2D eigenvalue weighted by Gasteiger charge is -2.00. The van der Waals surface area contributed by atoms with Gasteiger partial charge in [0.05, 0.1) is 0 Å². The number of hydrogen-bond acceptors (Lipinski definition) is 1. The van der Waals surface area contributed by atoms with Gasteiger partial charge in [-0.3, -0.25) is 0 Å². The standard InChI is InChI=1S/C8H10BrN/c1-2-6-5-7(10)3-4-8(6)9/h3-5H,2,10H2,1H3. The lowest BCUT2D eigenvalue weighted by molar-refractivity contribution is 1.13. The van der Waals surface area contributed by atoms with E-state index in [-0.39, 0.29) is 0 Å². The molecule has 1 aromatic rings. The summed E-state index contributed by atoms with van der Waals surface area (Å²) in [6, 6.07) is 5.86. The molecular formula is C8H10BrN. The van der Waals surface area contributed by atoms with E-state index in [0.29, 0.717) is 0 Å². The van der Waals surface area contributed by atoms with Crippen LogP contribution in [-0.4, -0.2) is 0 Å². The van der Waals surface area contributed by atoms with Crippen LogP contribution in [0.1, 0.15) is 12.5 Å². The normalized spacial score (nSPS) is 9.80. The van der Waals surface area contributed by atoms with Crippen molar-refractivity contribution in [1.82, 2.24) is 0 Å². The Morgan fingerprint density at radius 3 is 2.70 bits per heavy atom. The van der Waals surface area contributed by atoms with Crippen LogP contribution in [0.3, 0.4) is 0 Å². The van der Waals surface area contributed by atoms with Crippen molar-refractivity contribution in [3.05, 3.63) is 28.2 Å². The molecule has 0 aliphatic rings. The number of nitrogen functional groups attached to an aromatic ring is 1. The average molecular weight is 200 g/mol. The highest BCUT2D eigenvalue weighted by atomic mass is 79.9. The predicted molar refractivity (Wildman–Crippen MR) is 47.9 cm³/mol. The third-order valence-corrected chi connectivity index (χ3v) is 2.22. The minimum Gasteiger partial charge on any atom is -0.399 e. The maximum Gasteiger partial charge on any atom is 0.0317 e. The average Bonchev–Trinajstić information content (AvgIpc) is 1.94. The van der Waals surface area contributed by atoms with Gasteiger partial charge in [0.1, 0.15) is 0 Å². The molecule has 0 aliphatic carbocycles. The highest BCUT2D eigenvalue weighted by molar-refractivity contribution is 9.10. The number of benzene rings is 1. The van der Waals surface area contributed by atoms with Gasteiger partial charge in [0, 0.05) is 10.2 Å². The van der Waals surface area contributed by atoms with E-state index in [1.807, 2.05) is 18.2 Å². The van der Waals surface area contributed by atoms with Crippen LogP contribution < -0.4 is 5.73 Å². The molecule has 2 heteroatoms. The molecule has 0 amide bonds. The second-order valence-corrected chi connectivity index (χ2v) is 3.06. The van der Waals surface area contributed by atoms with Crippen LogP contribution in [0.25, 0.3) is 0 Å². The molecule has 0 saturated heterocycles. The summed E-state index contributed by atoms with van der Waals surface area (Å²) in [5.41, 5.74) is 7.68. The molecule has 0 saturated carbocycles. The molecule has 0 unspecified atom stereocenters. The fourth-order valence-corrected chi connectivity index (χ4v) is 1.39. The minimum atomic E-state index is 0.833. The Bertz CT molecular complexity index is 233. The zero-order chi connectivity index (χ0) is 7.56. The molecule has 54 valence electrons. The van der Waals surface area contributed by atoms with Gasteiger partial charge in [-0.15, -0.1) is 0 Å². The summed E-state index contributed by atoms with van der Waals surface area (Å²) < 4.78 is 1.14. The second kappa shape index (κ2) is 3.06. The number of hydrogen-bond donors (Lipinski definition) is 1. The molecule has 0 radical (unpaired) electrons. The molecule has 1 aromatic carbocycles. The summed E-state index contributed by atoms with van der Waals surface area (Å²) >= 11 is 3.44. The highest BCUT2D eigenvalue weighted by Crippen LogP contribution is 2.19. The van der Waals surface area contributed by atoms with Gasteiger partial charge in [0.15, 0.2) is 0 Å². The van der Waals surface area contributed by atoms with E-state index in [4.69, 9.17) is 5.73 Å². The van der Waals surface area contributed by atoms with Crippen molar-refractivity contribution < 1.29 is 0 Å². The maximum absolute atomic E-state index is 5.58. The van der Waals surface area contributed by atoms with Gasteiger partial charge in [-0.25, -0.2) is 0 Å². The van der Waals surface area contributed by atoms with Crippen molar-refractivity contribution in [2.75, 3.05) is 5.73 Å². The first-order chi connectivity index (χ1) is 4.74. The molecule has 2 N–H and O–H groups in total. The van der Waals surface area contributed by atoms with Gasteiger partial charge in [0.2, 0.25) is 0 Å². The molecule has 0 aromatic heterocycles. The smallest absolute Gasteiger partial charge is 0.0317 e. The highest BCUT2D eigenvalue weighted by Gasteiger charge is 1.95. The summed E-state index contributed by atoms with van der Waals surface area (Å²) in [6.45, 7) is 2.11. The minimum absolute atomic E-state index is 0.833. The van der Waals surface area contributed by atoms with Crippen LogP contribution in [0.4, 0.5) is 5.69 Å². The van der Waals surface area contributed by atoms with E-state index in [1.54, 1.807) is 0 Å². The van der Waals surface area contributed by atoms with Gasteiger partial charge in [-0.2, -0.15) is 0 Å². The molecule has 0 spiro atoms. The van der Waals surface area contributed by atoms with E-state index in [0.717, 1.165) is 16.6 Å². The lowest BCUT2D eigenvalue weighted by atomic mass is 10.1. The molecule has 0 atom stereocenters. The number of rotatable bonds is 1. The molecule has 0 fully saturated rings. The monoisotopic (exact) mass is 199 g/mol. The van der Waals surface area contributed by atoms with Gasteiger partial charge >= 0.3 is 0 Å². The molecule has 0 heterocycles. The fourth-order valence-electron chi connectivity index (χ4n) is 0.866. The second-order valence-electron chi connectivity index (χ2n) is 2.20. The molecular weight excluding hydrogens is 190 g/mol. The van der Waals surface area contributed by atoms with E-state index >= 15 is 0 Å². The maximum atomic E-state index is 5.58. The summed E-state index contributed by atoms with van der Waals surface area (Å²) in [5.74, 6) is 0. The van der Waals surface area contributed by atoms with E-state index < -0.39 is 0 Å². The van der Waals surface area contributed by atoms with Crippen molar-refractivity contribution in [2.24, 2.45) is 0 Å². The fraction of sp³-hybridized carbons (Fsp3) is 0.250. The van der Waals surface area contributed by atoms with E-state index in [2.05, 4.69) is 22.9 Å². The Balaban J connectivity index is 3.09. The largest absolute Gasteiger partial charge is 0.399 e. The van der Waals surface area contributed by atoms with Crippen LogP contribution in [0.15, 0.2) is 22.7 Å². The number of aryl methyl sites for hydroxylation is 1. The third-order valence-electron chi connectivity index (χ3n) is 1.45. The Labute approximate surface area is 69.4 Å². The summed E-state index contributed by atoms with van der Waals surface area (Å²) in [7, 11) is 0. The zero-order valence-corrected chi connectivity index (χ0v) is 7.48. The molecule has 0 bridgehead atoms. The molecule has 1 rings (SSSR count). The van der Waals surface area contributed by atoms with Crippen molar-refractivity contribution >= 4 is 21.6 Å². The predicted octanol–water partition coefficient (Wildman–Crippen LogP) is 2.59. The Morgan fingerprint density at radius 1 is 1.50 bits per heavy atom. The van der Waals surface area contributed by atoms with Crippen molar-refractivity contribution in [3.63, 3.8) is 0 Å². The summed E-state index contributed by atoms with van der Waals surface area (Å²) in [5, 5.41) is 0. The van der Waals surface area contributed by atoms with E-state index in [9.17, 15) is 0 Å². The first kappa shape index (κ1) is 7.61. The van der Waals surface area contributed by atoms with Crippen molar-refractivity contribution in [2.45, 2.75) is 13.3 Å². The third kappa shape index (κ3) is 1.51. The molecule has 0 aliphatic heterocycles. The van der Waals surface area contributed by atoms with Crippen LogP contribution in [0.5, 0.6) is 0 Å². The Kier molecular flexibility index (Phi) is 2.33. The van der Waals surface area contributed by atoms with Gasteiger partial charge in [-0.05, 0) is 30.2 Å². The first-order valence-electron chi connectivity index (χ1n) is 3.28. The Morgan fingerprint density at radius 2 is 2.20 bits per heavy atom. The van der Waals surface area contributed by atoms with Crippen molar-refractivity contribution in [3.8, 4) is 0 Å². The Hall–Kier alpha value is -0.500. The van der Waals surface area contributed by atoms with Gasteiger partial charge in [0.25, 0.3) is 0 Å². The number of halogens is 1. The SMILES string of the molecule is CCc1cc(N)ccc1Br. The topological polar surface area (TPSA) is 26.0 Å². The van der Waals surface area contributed by atoms with Crippen LogP contribution in [0, 0.1) is 0 Å². The lowest BCUT2D eigenvalue weighted by Crippen LogP contribution is -1.88. The quantitative estimate of drug-likeness (QED) is 0.692. The van der Waals surface area contributed by atoms with Crippen LogP contribution in [0.2, 0.25) is 0 Å². The van der Waals surface area contributed by atoms with Gasteiger partial charge < -0.3 is 5.73 Å². The molecule has 1 nitrogen and oxygen atoms in total.